The van der Waals surface area contributed by atoms with Gasteiger partial charge >= 0.3 is 5.97 Å². The van der Waals surface area contributed by atoms with Crippen LogP contribution in [0, 0.1) is 12.8 Å². The van der Waals surface area contributed by atoms with Gasteiger partial charge in [0.25, 0.3) is 0 Å². The van der Waals surface area contributed by atoms with Crippen molar-refractivity contribution >= 4 is 33.3 Å². The Kier molecular flexibility index (Phi) is 4.09. The zero-order chi connectivity index (χ0) is 19.4. The topological polar surface area (TPSA) is 56.3 Å². The van der Waals surface area contributed by atoms with Crippen molar-refractivity contribution < 1.29 is 14.3 Å². The molecule has 2 aliphatic carbocycles. The second-order valence-corrected chi connectivity index (χ2v) is 8.78. The Labute approximate surface area is 167 Å². The van der Waals surface area contributed by atoms with Crippen molar-refractivity contribution in [3.63, 3.8) is 0 Å². The molecular weight excluding hydrogens is 370 g/mol. The zero-order valence-electron chi connectivity index (χ0n) is 16.0. The fourth-order valence-corrected chi connectivity index (χ4v) is 5.59. The number of Topliss-reactive ketones (excluding diaryl/α,β-unsaturated/α-hetero) is 1. The van der Waals surface area contributed by atoms with Crippen LogP contribution in [0.1, 0.15) is 56.1 Å². The highest BCUT2D eigenvalue weighted by Crippen LogP contribution is 2.45. The van der Waals surface area contributed by atoms with E-state index in [1.54, 1.807) is 23.5 Å². The minimum absolute atomic E-state index is 0.137. The Morgan fingerprint density at radius 3 is 2.57 bits per heavy atom. The van der Waals surface area contributed by atoms with Gasteiger partial charge in [-0.15, -0.1) is 11.3 Å². The first-order chi connectivity index (χ1) is 13.6. The highest BCUT2D eigenvalue weighted by molar-refractivity contribution is 7.19. The third-order valence-corrected chi connectivity index (χ3v) is 7.01. The lowest BCUT2D eigenvalue weighted by Crippen LogP contribution is -2.09. The van der Waals surface area contributed by atoms with Gasteiger partial charge in [0.2, 0.25) is 0 Å². The maximum atomic E-state index is 13.2. The Morgan fingerprint density at radius 1 is 1.14 bits per heavy atom. The number of fused-ring (bicyclic) bond motifs is 3. The van der Waals surface area contributed by atoms with Crippen LogP contribution in [-0.4, -0.2) is 23.8 Å². The van der Waals surface area contributed by atoms with Crippen LogP contribution in [0.25, 0.3) is 21.3 Å². The average molecular weight is 391 g/mol. The van der Waals surface area contributed by atoms with Crippen molar-refractivity contribution in [3.8, 4) is 11.1 Å². The molecule has 4 nitrogen and oxygen atoms in total. The molecule has 0 saturated heterocycles. The van der Waals surface area contributed by atoms with Crippen molar-refractivity contribution in [2.75, 3.05) is 7.11 Å². The van der Waals surface area contributed by atoms with E-state index in [4.69, 9.17) is 9.72 Å². The number of ether oxygens (including phenoxy) is 1. The number of hydrogen-bond acceptors (Lipinski definition) is 5. The quantitative estimate of drug-likeness (QED) is 0.456. The van der Waals surface area contributed by atoms with Crippen LogP contribution in [0.4, 0.5) is 0 Å². The number of esters is 1. The van der Waals surface area contributed by atoms with E-state index in [2.05, 4.69) is 0 Å². The minimum Gasteiger partial charge on any atom is -0.465 e. The molecule has 2 aromatic heterocycles. The summed E-state index contributed by atoms with van der Waals surface area (Å²) in [5, 5.41) is 1.15. The fourth-order valence-electron chi connectivity index (χ4n) is 4.27. The first-order valence-electron chi connectivity index (χ1n) is 9.76. The number of rotatable bonds is 4. The van der Waals surface area contributed by atoms with E-state index in [0.717, 1.165) is 64.7 Å². The Bertz CT molecular complexity index is 1120. The molecule has 5 rings (SSSR count). The first kappa shape index (κ1) is 17.6. The summed E-state index contributed by atoms with van der Waals surface area (Å²) in [7, 11) is 1.38. The third-order valence-electron chi connectivity index (χ3n) is 5.82. The van der Waals surface area contributed by atoms with E-state index in [-0.39, 0.29) is 17.7 Å². The molecule has 0 aliphatic heterocycles. The molecule has 1 aromatic carbocycles. The zero-order valence-corrected chi connectivity index (χ0v) is 16.8. The second-order valence-electron chi connectivity index (χ2n) is 7.69. The summed E-state index contributed by atoms with van der Waals surface area (Å²) < 4.78 is 4.82. The summed E-state index contributed by atoms with van der Waals surface area (Å²) in [4.78, 5) is 32.3. The lowest BCUT2D eigenvalue weighted by Gasteiger charge is -2.15. The molecule has 2 aliphatic rings. The summed E-state index contributed by atoms with van der Waals surface area (Å²) in [5.74, 6) is 0.00271. The number of aryl methyl sites for hydroxylation is 3. The largest absolute Gasteiger partial charge is 0.465 e. The van der Waals surface area contributed by atoms with Crippen molar-refractivity contribution in [1.82, 2.24) is 4.98 Å². The molecular formula is C23H21NO3S. The van der Waals surface area contributed by atoms with Gasteiger partial charge in [-0.25, -0.2) is 9.78 Å². The maximum absolute atomic E-state index is 13.2. The van der Waals surface area contributed by atoms with Crippen molar-refractivity contribution in [3.05, 3.63) is 51.5 Å². The van der Waals surface area contributed by atoms with Crippen molar-refractivity contribution in [2.45, 2.75) is 39.0 Å². The molecule has 0 N–H and O–H groups in total. The van der Waals surface area contributed by atoms with Crippen LogP contribution in [-0.2, 0) is 17.6 Å². The van der Waals surface area contributed by atoms with Crippen LogP contribution in [0.15, 0.2) is 24.3 Å². The molecule has 0 unspecified atom stereocenters. The van der Waals surface area contributed by atoms with E-state index in [1.165, 1.54) is 17.6 Å². The molecule has 5 heteroatoms. The molecule has 0 amide bonds. The van der Waals surface area contributed by atoms with E-state index >= 15 is 0 Å². The van der Waals surface area contributed by atoms with Crippen molar-refractivity contribution in [1.29, 1.82) is 0 Å². The van der Waals surface area contributed by atoms with Crippen LogP contribution in [0.3, 0.4) is 0 Å². The van der Waals surface area contributed by atoms with Gasteiger partial charge < -0.3 is 4.74 Å². The summed E-state index contributed by atoms with van der Waals surface area (Å²) >= 11 is 1.77. The number of carbonyl (C=O) groups is 2. The van der Waals surface area contributed by atoms with Crippen LogP contribution < -0.4 is 0 Å². The second kappa shape index (κ2) is 6.52. The summed E-state index contributed by atoms with van der Waals surface area (Å²) in [6.07, 6.45) is 5.25. The number of thiophene rings is 1. The molecule has 142 valence electrons. The monoisotopic (exact) mass is 391 g/mol. The molecule has 1 saturated carbocycles. The lowest BCUT2D eigenvalue weighted by molar-refractivity contribution is 0.0600. The van der Waals surface area contributed by atoms with Gasteiger partial charge in [-0.1, -0.05) is 12.1 Å². The Morgan fingerprint density at radius 2 is 1.89 bits per heavy atom. The number of pyridine rings is 1. The van der Waals surface area contributed by atoms with Crippen LogP contribution in [0.5, 0.6) is 0 Å². The van der Waals surface area contributed by atoms with Crippen LogP contribution >= 0.6 is 11.3 Å². The number of benzene rings is 1. The number of ketones is 1. The molecule has 1 fully saturated rings. The summed E-state index contributed by atoms with van der Waals surface area (Å²) in [6.45, 7) is 1.95. The highest BCUT2D eigenvalue weighted by atomic mass is 32.1. The molecule has 0 radical (unpaired) electrons. The average Bonchev–Trinajstić information content (AvgIpc) is 3.37. The molecule has 28 heavy (non-hydrogen) atoms. The molecule has 0 atom stereocenters. The van der Waals surface area contributed by atoms with Gasteiger partial charge in [0.05, 0.1) is 18.4 Å². The fraction of sp³-hybridized carbons (Fsp3) is 0.348. The van der Waals surface area contributed by atoms with Gasteiger partial charge in [0.15, 0.2) is 5.78 Å². The summed E-state index contributed by atoms with van der Waals surface area (Å²) in [6, 6.07) is 7.42. The lowest BCUT2D eigenvalue weighted by atomic mass is 9.90. The maximum Gasteiger partial charge on any atom is 0.337 e. The normalized spacial score (nSPS) is 15.6. The molecule has 2 heterocycles. The van der Waals surface area contributed by atoms with E-state index in [0.29, 0.717) is 5.56 Å². The number of nitrogens with zero attached hydrogens (tertiary/aromatic N) is 1. The number of hydrogen-bond donors (Lipinski definition) is 0. The highest BCUT2D eigenvalue weighted by Gasteiger charge is 2.35. The third kappa shape index (κ3) is 2.68. The van der Waals surface area contributed by atoms with Gasteiger partial charge in [-0.05, 0) is 62.3 Å². The predicted octanol–water partition coefficient (Wildman–Crippen LogP) is 5.14. The number of carbonyl (C=O) groups excluding carboxylic acids is 2. The Hall–Kier alpha value is -2.53. The number of aromatic nitrogens is 1. The molecule has 3 aromatic rings. The number of methoxy groups -OCH3 is 1. The van der Waals surface area contributed by atoms with Crippen molar-refractivity contribution in [2.24, 2.45) is 5.92 Å². The van der Waals surface area contributed by atoms with Gasteiger partial charge in [-0.3, -0.25) is 4.79 Å². The van der Waals surface area contributed by atoms with E-state index < -0.39 is 0 Å². The van der Waals surface area contributed by atoms with E-state index in [9.17, 15) is 9.59 Å². The van der Waals surface area contributed by atoms with Gasteiger partial charge in [-0.2, -0.15) is 0 Å². The van der Waals surface area contributed by atoms with Gasteiger partial charge in [0.1, 0.15) is 4.83 Å². The van der Waals surface area contributed by atoms with E-state index in [1.807, 2.05) is 19.1 Å². The molecule has 0 spiro atoms. The smallest absolute Gasteiger partial charge is 0.337 e. The van der Waals surface area contributed by atoms with Crippen LogP contribution in [0.2, 0.25) is 0 Å². The summed E-state index contributed by atoms with van der Waals surface area (Å²) in [5.41, 5.74) is 5.45. The minimum atomic E-state index is -0.353. The predicted molar refractivity (Wildman–Crippen MR) is 110 cm³/mol. The van der Waals surface area contributed by atoms with Gasteiger partial charge in [0, 0.05) is 27.3 Å². The SMILES string of the molecule is COC(=O)c1ccc(-c2c(C(=O)C3CC3)c(C)nc3sc4c(c23)CCC4)cc1. The molecule has 0 bridgehead atoms. The first-order valence-corrected chi connectivity index (χ1v) is 10.6. The Balaban J connectivity index is 1.78. The standard InChI is InChI=1S/C23H21NO3S/c1-12-18(21(25)14-8-9-14)19(13-6-10-15(11-7-13)23(26)27-2)20-16-4-3-5-17(16)28-22(20)24-12/h6-7,10-11,14H,3-5,8-9H2,1-2H3.